The van der Waals surface area contributed by atoms with Crippen LogP contribution < -0.4 is 5.32 Å². The molecule has 3 nitrogen and oxygen atoms in total. The van der Waals surface area contributed by atoms with Gasteiger partial charge in [0.1, 0.15) is 0 Å². The fraction of sp³-hybridized carbons (Fsp3) is 0.381. The highest BCUT2D eigenvalue weighted by molar-refractivity contribution is 6.30. The number of hydrogen-bond acceptors (Lipinski definition) is 3. The van der Waals surface area contributed by atoms with Crippen LogP contribution in [0.3, 0.4) is 0 Å². The van der Waals surface area contributed by atoms with Crippen LogP contribution >= 0.6 is 11.6 Å². The first kappa shape index (κ1) is 17.9. The van der Waals surface area contributed by atoms with Crippen molar-refractivity contribution in [2.24, 2.45) is 0 Å². The van der Waals surface area contributed by atoms with Crippen LogP contribution in [0.25, 0.3) is 0 Å². The van der Waals surface area contributed by atoms with Gasteiger partial charge in [-0.05, 0) is 67.7 Å². The zero-order valence-corrected chi connectivity index (χ0v) is 15.2. The highest BCUT2D eigenvalue weighted by atomic mass is 35.5. The summed E-state index contributed by atoms with van der Waals surface area (Å²) in [5.41, 5.74) is 3.27. The lowest BCUT2D eigenvalue weighted by molar-refractivity contribution is 0.155. The Bertz CT molecular complexity index is 715. The fourth-order valence-corrected chi connectivity index (χ4v) is 3.59. The van der Waals surface area contributed by atoms with Gasteiger partial charge in [-0.15, -0.1) is 0 Å². The van der Waals surface area contributed by atoms with E-state index in [0.717, 1.165) is 43.2 Å². The van der Waals surface area contributed by atoms with Crippen molar-refractivity contribution < 1.29 is 0 Å². The normalized spacial score (nSPS) is 15.2. The zero-order chi connectivity index (χ0) is 17.5. The lowest BCUT2D eigenvalue weighted by Crippen LogP contribution is -2.43. The smallest absolute Gasteiger partial charge is 0.0991 e. The fourth-order valence-electron chi connectivity index (χ4n) is 3.46. The topological polar surface area (TPSA) is 39.1 Å². The van der Waals surface area contributed by atoms with Gasteiger partial charge in [-0.2, -0.15) is 5.26 Å². The maximum Gasteiger partial charge on any atom is 0.0991 e. The molecular weight excluding hydrogens is 330 g/mol. The second kappa shape index (κ2) is 9.01. The van der Waals surface area contributed by atoms with Crippen LogP contribution in [-0.2, 0) is 13.0 Å². The van der Waals surface area contributed by atoms with E-state index in [2.05, 4.69) is 34.5 Å². The van der Waals surface area contributed by atoms with Crippen molar-refractivity contribution in [3.05, 3.63) is 70.2 Å². The lowest BCUT2D eigenvalue weighted by Gasteiger charge is -2.35. The first-order chi connectivity index (χ1) is 12.2. The van der Waals surface area contributed by atoms with E-state index in [1.807, 2.05) is 30.3 Å². The van der Waals surface area contributed by atoms with Gasteiger partial charge < -0.3 is 5.32 Å². The predicted molar refractivity (Wildman–Crippen MR) is 103 cm³/mol. The van der Waals surface area contributed by atoms with E-state index in [1.165, 1.54) is 24.0 Å². The van der Waals surface area contributed by atoms with E-state index in [4.69, 9.17) is 16.9 Å². The number of piperidine rings is 1. The molecule has 1 fully saturated rings. The van der Waals surface area contributed by atoms with Crippen LogP contribution in [-0.4, -0.2) is 30.6 Å². The Morgan fingerprint density at radius 1 is 1.08 bits per heavy atom. The first-order valence-corrected chi connectivity index (χ1v) is 9.30. The molecule has 4 heteroatoms. The molecule has 0 unspecified atom stereocenters. The molecule has 0 radical (unpaired) electrons. The van der Waals surface area contributed by atoms with E-state index in [9.17, 15) is 0 Å². The molecule has 0 amide bonds. The number of hydrogen-bond donors (Lipinski definition) is 1. The molecule has 2 aromatic rings. The van der Waals surface area contributed by atoms with Crippen molar-refractivity contribution in [1.29, 1.82) is 5.26 Å². The van der Waals surface area contributed by atoms with Gasteiger partial charge in [-0.3, -0.25) is 4.90 Å². The van der Waals surface area contributed by atoms with Gasteiger partial charge in [0.2, 0.25) is 0 Å². The van der Waals surface area contributed by atoms with Gasteiger partial charge in [0.05, 0.1) is 11.6 Å². The zero-order valence-electron chi connectivity index (χ0n) is 14.4. The van der Waals surface area contributed by atoms with E-state index < -0.39 is 0 Å². The maximum absolute atomic E-state index is 9.14. The molecule has 0 bridgehead atoms. The Labute approximate surface area is 155 Å². The molecule has 0 aliphatic carbocycles. The SMILES string of the molecule is N#Cc1cccc(CN(CCc2ccc(Cl)cc2)C2CCNCC2)c1. The van der Waals surface area contributed by atoms with Gasteiger partial charge in [-0.25, -0.2) is 0 Å². The molecule has 130 valence electrons. The van der Waals surface area contributed by atoms with Crippen molar-refractivity contribution in [2.45, 2.75) is 31.8 Å². The van der Waals surface area contributed by atoms with Gasteiger partial charge in [0.15, 0.2) is 0 Å². The minimum Gasteiger partial charge on any atom is -0.317 e. The molecule has 0 spiro atoms. The van der Waals surface area contributed by atoms with Gasteiger partial charge in [0, 0.05) is 24.2 Å². The van der Waals surface area contributed by atoms with Crippen LogP contribution in [0.2, 0.25) is 5.02 Å². The average Bonchev–Trinajstić information content (AvgIpc) is 2.67. The van der Waals surface area contributed by atoms with Crippen molar-refractivity contribution in [1.82, 2.24) is 10.2 Å². The Morgan fingerprint density at radius 2 is 1.84 bits per heavy atom. The second-order valence-electron chi connectivity index (χ2n) is 6.64. The van der Waals surface area contributed by atoms with Gasteiger partial charge in [-0.1, -0.05) is 35.9 Å². The molecule has 2 aromatic carbocycles. The van der Waals surface area contributed by atoms with E-state index in [1.54, 1.807) is 0 Å². The average molecular weight is 354 g/mol. The number of nitriles is 1. The summed E-state index contributed by atoms with van der Waals surface area (Å²) < 4.78 is 0. The standard InChI is InChI=1S/C21H24ClN3/c22-20-6-4-17(5-7-20)10-13-25(21-8-11-24-12-9-21)16-19-3-1-2-18(14-19)15-23/h1-7,14,21,24H,8-13,16H2. The summed E-state index contributed by atoms with van der Waals surface area (Å²) in [6, 6.07) is 19.0. The number of nitrogens with one attached hydrogen (secondary N) is 1. The molecular formula is C21H24ClN3. The van der Waals surface area contributed by atoms with Crippen LogP contribution in [0.1, 0.15) is 29.5 Å². The summed E-state index contributed by atoms with van der Waals surface area (Å²) >= 11 is 5.99. The molecule has 25 heavy (non-hydrogen) atoms. The summed E-state index contributed by atoms with van der Waals surface area (Å²) in [4.78, 5) is 2.58. The number of halogens is 1. The lowest BCUT2D eigenvalue weighted by atomic mass is 10.0. The molecule has 1 aliphatic rings. The quantitative estimate of drug-likeness (QED) is 0.852. The van der Waals surface area contributed by atoms with Gasteiger partial charge >= 0.3 is 0 Å². The van der Waals surface area contributed by atoms with Crippen molar-refractivity contribution >= 4 is 11.6 Å². The summed E-state index contributed by atoms with van der Waals surface area (Å²) in [5, 5.41) is 13.4. The number of benzene rings is 2. The third-order valence-electron chi connectivity index (χ3n) is 4.87. The van der Waals surface area contributed by atoms with E-state index >= 15 is 0 Å². The van der Waals surface area contributed by atoms with Crippen LogP contribution in [0, 0.1) is 11.3 Å². The van der Waals surface area contributed by atoms with Crippen molar-refractivity contribution in [2.75, 3.05) is 19.6 Å². The highest BCUT2D eigenvalue weighted by Gasteiger charge is 2.21. The molecule has 1 saturated heterocycles. The number of rotatable bonds is 6. The largest absolute Gasteiger partial charge is 0.317 e. The third-order valence-corrected chi connectivity index (χ3v) is 5.12. The Morgan fingerprint density at radius 3 is 2.56 bits per heavy atom. The molecule has 3 rings (SSSR count). The third kappa shape index (κ3) is 5.31. The minimum absolute atomic E-state index is 0.597. The van der Waals surface area contributed by atoms with Crippen molar-refractivity contribution in [3.8, 4) is 6.07 Å². The monoisotopic (exact) mass is 353 g/mol. The second-order valence-corrected chi connectivity index (χ2v) is 7.08. The summed E-state index contributed by atoms with van der Waals surface area (Å²) in [5.74, 6) is 0. The molecule has 0 aromatic heterocycles. The Hall–Kier alpha value is -1.86. The molecule has 1 N–H and O–H groups in total. The molecule has 0 saturated carbocycles. The number of nitrogens with zero attached hydrogens (tertiary/aromatic N) is 2. The highest BCUT2D eigenvalue weighted by Crippen LogP contribution is 2.18. The van der Waals surface area contributed by atoms with Crippen LogP contribution in [0.4, 0.5) is 0 Å². The van der Waals surface area contributed by atoms with E-state index in [-0.39, 0.29) is 0 Å². The summed E-state index contributed by atoms with van der Waals surface area (Å²) in [6.45, 7) is 4.08. The molecule has 1 heterocycles. The minimum atomic E-state index is 0.597. The van der Waals surface area contributed by atoms with Crippen LogP contribution in [0.15, 0.2) is 48.5 Å². The van der Waals surface area contributed by atoms with E-state index in [0.29, 0.717) is 6.04 Å². The molecule has 0 atom stereocenters. The summed E-state index contributed by atoms with van der Waals surface area (Å²) in [7, 11) is 0. The Balaban J connectivity index is 1.69. The van der Waals surface area contributed by atoms with Gasteiger partial charge in [0.25, 0.3) is 0 Å². The van der Waals surface area contributed by atoms with Crippen molar-refractivity contribution in [3.63, 3.8) is 0 Å². The Kier molecular flexibility index (Phi) is 6.47. The van der Waals surface area contributed by atoms with Crippen LogP contribution in [0.5, 0.6) is 0 Å². The predicted octanol–water partition coefficient (Wildman–Crippen LogP) is 4.01. The molecule has 1 aliphatic heterocycles. The summed E-state index contributed by atoms with van der Waals surface area (Å²) in [6.07, 6.45) is 3.37. The first-order valence-electron chi connectivity index (χ1n) is 8.93. The maximum atomic E-state index is 9.14.